The Labute approximate surface area is 114 Å². The molecule has 0 aliphatic carbocycles. The van der Waals surface area contributed by atoms with Gasteiger partial charge < -0.3 is 14.6 Å². The molecule has 102 valence electrons. The molecule has 1 amide bonds. The SMILES string of the molecule is Cc1ccoc1C(=O)N(C)C1CCCNCC1.Cl. The molecule has 1 fully saturated rings. The van der Waals surface area contributed by atoms with E-state index in [4.69, 9.17) is 4.42 Å². The maximum Gasteiger partial charge on any atom is 0.289 e. The van der Waals surface area contributed by atoms with Gasteiger partial charge in [0.2, 0.25) is 0 Å². The van der Waals surface area contributed by atoms with E-state index in [1.807, 2.05) is 24.9 Å². The highest BCUT2D eigenvalue weighted by Gasteiger charge is 2.24. The maximum atomic E-state index is 12.2. The molecule has 5 heteroatoms. The van der Waals surface area contributed by atoms with Crippen LogP contribution in [-0.4, -0.2) is 37.0 Å². The first kappa shape index (κ1) is 15.1. The monoisotopic (exact) mass is 272 g/mol. The quantitative estimate of drug-likeness (QED) is 0.898. The number of halogens is 1. The molecular weight excluding hydrogens is 252 g/mol. The number of nitrogens with zero attached hydrogens (tertiary/aromatic N) is 1. The highest BCUT2D eigenvalue weighted by molar-refractivity contribution is 5.92. The number of hydrogen-bond donors (Lipinski definition) is 1. The van der Waals surface area contributed by atoms with Crippen molar-refractivity contribution in [1.29, 1.82) is 0 Å². The average molecular weight is 273 g/mol. The summed E-state index contributed by atoms with van der Waals surface area (Å²) in [5, 5.41) is 3.36. The van der Waals surface area contributed by atoms with Crippen molar-refractivity contribution in [2.75, 3.05) is 20.1 Å². The van der Waals surface area contributed by atoms with Crippen LogP contribution in [0.15, 0.2) is 16.7 Å². The van der Waals surface area contributed by atoms with E-state index in [1.165, 1.54) is 0 Å². The molecule has 1 aliphatic rings. The average Bonchev–Trinajstić information content (AvgIpc) is 2.60. The summed E-state index contributed by atoms with van der Waals surface area (Å²) in [4.78, 5) is 14.1. The summed E-state index contributed by atoms with van der Waals surface area (Å²) in [7, 11) is 1.88. The summed E-state index contributed by atoms with van der Waals surface area (Å²) < 4.78 is 5.26. The van der Waals surface area contributed by atoms with Crippen molar-refractivity contribution in [3.63, 3.8) is 0 Å². The molecule has 4 nitrogen and oxygen atoms in total. The molecule has 2 rings (SSSR count). The fraction of sp³-hybridized carbons (Fsp3) is 0.615. The molecule has 0 aromatic carbocycles. The molecule has 1 N–H and O–H groups in total. The van der Waals surface area contributed by atoms with E-state index in [1.54, 1.807) is 6.26 Å². The van der Waals surface area contributed by atoms with Crippen LogP contribution in [0.1, 0.15) is 35.4 Å². The molecule has 1 saturated heterocycles. The van der Waals surface area contributed by atoms with Gasteiger partial charge in [-0.3, -0.25) is 4.79 Å². The van der Waals surface area contributed by atoms with Crippen molar-refractivity contribution >= 4 is 18.3 Å². The van der Waals surface area contributed by atoms with Gasteiger partial charge in [-0.25, -0.2) is 0 Å². The summed E-state index contributed by atoms with van der Waals surface area (Å²) in [6.45, 7) is 3.94. The van der Waals surface area contributed by atoms with Crippen molar-refractivity contribution in [3.8, 4) is 0 Å². The van der Waals surface area contributed by atoms with Crippen LogP contribution in [0.25, 0.3) is 0 Å². The Hall–Kier alpha value is -1.00. The first-order chi connectivity index (χ1) is 8.20. The van der Waals surface area contributed by atoms with Crippen LogP contribution >= 0.6 is 12.4 Å². The zero-order valence-corrected chi connectivity index (χ0v) is 11.8. The molecule has 1 aromatic heterocycles. The summed E-state index contributed by atoms with van der Waals surface area (Å²) in [6.07, 6.45) is 4.78. The van der Waals surface area contributed by atoms with Gasteiger partial charge in [-0.15, -0.1) is 12.4 Å². The molecule has 1 aliphatic heterocycles. The van der Waals surface area contributed by atoms with E-state index >= 15 is 0 Å². The van der Waals surface area contributed by atoms with Gasteiger partial charge in [0.05, 0.1) is 6.26 Å². The largest absolute Gasteiger partial charge is 0.459 e. The molecule has 1 atom stereocenters. The zero-order chi connectivity index (χ0) is 12.3. The van der Waals surface area contributed by atoms with E-state index in [-0.39, 0.29) is 18.3 Å². The first-order valence-electron chi connectivity index (χ1n) is 6.22. The third-order valence-corrected chi connectivity index (χ3v) is 3.47. The van der Waals surface area contributed by atoms with Gasteiger partial charge in [0.15, 0.2) is 5.76 Å². The number of carbonyl (C=O) groups is 1. The summed E-state index contributed by atoms with van der Waals surface area (Å²) in [5.41, 5.74) is 0.911. The Bertz CT molecular complexity index is 384. The Morgan fingerprint density at radius 1 is 1.44 bits per heavy atom. The van der Waals surface area contributed by atoms with Crippen LogP contribution in [-0.2, 0) is 0 Å². The maximum absolute atomic E-state index is 12.2. The standard InChI is InChI=1S/C13H20N2O2.ClH/c1-10-6-9-17-12(10)13(16)15(2)11-4-3-7-14-8-5-11;/h6,9,11,14H,3-5,7-8H2,1-2H3;1H. The smallest absolute Gasteiger partial charge is 0.289 e. The fourth-order valence-corrected chi connectivity index (χ4v) is 2.31. The van der Waals surface area contributed by atoms with Crippen molar-refractivity contribution in [2.45, 2.75) is 32.2 Å². The Balaban J connectivity index is 0.00000162. The zero-order valence-electron chi connectivity index (χ0n) is 10.9. The number of aryl methyl sites for hydroxylation is 1. The van der Waals surface area contributed by atoms with E-state index in [9.17, 15) is 4.79 Å². The van der Waals surface area contributed by atoms with Gasteiger partial charge in [-0.05, 0) is 45.3 Å². The molecule has 2 heterocycles. The molecule has 1 aromatic rings. The number of amides is 1. The Morgan fingerprint density at radius 2 is 2.22 bits per heavy atom. The van der Waals surface area contributed by atoms with E-state index < -0.39 is 0 Å². The Morgan fingerprint density at radius 3 is 2.89 bits per heavy atom. The van der Waals surface area contributed by atoms with Crippen LogP contribution in [0.3, 0.4) is 0 Å². The lowest BCUT2D eigenvalue weighted by Gasteiger charge is -2.26. The van der Waals surface area contributed by atoms with Gasteiger partial charge in [0.1, 0.15) is 0 Å². The highest BCUT2D eigenvalue weighted by Crippen LogP contribution is 2.17. The third kappa shape index (κ3) is 3.27. The molecule has 0 bridgehead atoms. The number of hydrogen-bond acceptors (Lipinski definition) is 3. The predicted molar refractivity (Wildman–Crippen MR) is 73.3 cm³/mol. The Kier molecular flexibility index (Phi) is 5.69. The van der Waals surface area contributed by atoms with Crippen LogP contribution in [0.2, 0.25) is 0 Å². The normalized spacial score (nSPS) is 19.8. The predicted octanol–water partition coefficient (Wildman–Crippen LogP) is 2.22. The molecule has 0 saturated carbocycles. The van der Waals surface area contributed by atoms with Crippen LogP contribution in [0.4, 0.5) is 0 Å². The summed E-state index contributed by atoms with van der Waals surface area (Å²) in [5.74, 6) is 0.476. The van der Waals surface area contributed by atoms with Crippen molar-refractivity contribution < 1.29 is 9.21 Å². The fourth-order valence-electron chi connectivity index (χ4n) is 2.31. The minimum Gasteiger partial charge on any atom is -0.459 e. The highest BCUT2D eigenvalue weighted by atomic mass is 35.5. The summed E-state index contributed by atoms with van der Waals surface area (Å²) in [6, 6.07) is 2.15. The summed E-state index contributed by atoms with van der Waals surface area (Å²) >= 11 is 0. The second-order valence-electron chi connectivity index (χ2n) is 4.68. The lowest BCUT2D eigenvalue weighted by Crippen LogP contribution is -2.37. The van der Waals surface area contributed by atoms with Crippen molar-refractivity contribution in [2.24, 2.45) is 0 Å². The number of carbonyl (C=O) groups excluding carboxylic acids is 1. The number of furan rings is 1. The van der Waals surface area contributed by atoms with Gasteiger partial charge in [0.25, 0.3) is 5.91 Å². The van der Waals surface area contributed by atoms with Gasteiger partial charge in [-0.2, -0.15) is 0 Å². The van der Waals surface area contributed by atoms with Crippen molar-refractivity contribution in [1.82, 2.24) is 10.2 Å². The molecular formula is C13H21ClN2O2. The topological polar surface area (TPSA) is 45.5 Å². The number of nitrogens with one attached hydrogen (secondary N) is 1. The van der Waals surface area contributed by atoms with E-state index in [0.29, 0.717) is 11.8 Å². The van der Waals surface area contributed by atoms with Gasteiger partial charge >= 0.3 is 0 Å². The van der Waals surface area contributed by atoms with Crippen LogP contribution in [0.5, 0.6) is 0 Å². The molecule has 18 heavy (non-hydrogen) atoms. The van der Waals surface area contributed by atoms with Crippen LogP contribution < -0.4 is 5.32 Å². The minimum atomic E-state index is -0.000556. The lowest BCUT2D eigenvalue weighted by atomic mass is 10.1. The van der Waals surface area contributed by atoms with Gasteiger partial charge in [0, 0.05) is 18.7 Å². The molecule has 1 unspecified atom stereocenters. The number of rotatable bonds is 2. The van der Waals surface area contributed by atoms with Crippen molar-refractivity contribution in [3.05, 3.63) is 23.7 Å². The lowest BCUT2D eigenvalue weighted by molar-refractivity contribution is 0.0687. The first-order valence-corrected chi connectivity index (χ1v) is 6.22. The second kappa shape index (κ2) is 6.81. The molecule has 0 spiro atoms. The third-order valence-electron chi connectivity index (χ3n) is 3.47. The molecule has 0 radical (unpaired) electrons. The van der Waals surface area contributed by atoms with E-state index in [2.05, 4.69) is 5.32 Å². The minimum absolute atomic E-state index is 0. The van der Waals surface area contributed by atoms with E-state index in [0.717, 1.165) is 37.9 Å². The van der Waals surface area contributed by atoms with Crippen LogP contribution in [0, 0.1) is 6.92 Å². The second-order valence-corrected chi connectivity index (χ2v) is 4.68. The van der Waals surface area contributed by atoms with Gasteiger partial charge in [-0.1, -0.05) is 0 Å².